The number of likely N-dealkylation sites (N-methyl/N-ethyl adjacent to an activating group) is 1. The fourth-order valence-corrected chi connectivity index (χ4v) is 3.12. The Labute approximate surface area is 125 Å². The standard InChI is InChI=1S/C16H23N5/c1-17-16(13-10-18-12-19-11-13)9-14-7-8-21(20-14)15-5-3-2-4-6-15/h7-8,10-12,15-17H,2-6,9H2,1H3. The van der Waals surface area contributed by atoms with Crippen molar-refractivity contribution in [2.45, 2.75) is 50.6 Å². The SMILES string of the molecule is CNC(Cc1ccn(C2CCCCC2)n1)c1cncnc1. The normalized spacial score (nSPS) is 17.8. The number of nitrogens with zero attached hydrogens (tertiary/aromatic N) is 4. The van der Waals surface area contributed by atoms with E-state index in [4.69, 9.17) is 5.10 Å². The molecule has 1 N–H and O–H groups in total. The fraction of sp³-hybridized carbons (Fsp3) is 0.562. The van der Waals surface area contributed by atoms with Gasteiger partial charge in [-0.05, 0) is 26.0 Å². The quantitative estimate of drug-likeness (QED) is 0.917. The van der Waals surface area contributed by atoms with Crippen molar-refractivity contribution in [2.24, 2.45) is 0 Å². The lowest BCUT2D eigenvalue weighted by Gasteiger charge is -2.22. The summed E-state index contributed by atoms with van der Waals surface area (Å²) in [5, 5.41) is 8.11. The Morgan fingerprint density at radius 2 is 2.00 bits per heavy atom. The molecule has 1 saturated carbocycles. The minimum Gasteiger partial charge on any atom is -0.313 e. The Kier molecular flexibility index (Phi) is 4.60. The first-order valence-corrected chi connectivity index (χ1v) is 7.83. The molecule has 1 aliphatic rings. The highest BCUT2D eigenvalue weighted by Crippen LogP contribution is 2.27. The molecule has 1 atom stereocenters. The van der Waals surface area contributed by atoms with E-state index in [1.54, 1.807) is 6.33 Å². The Morgan fingerprint density at radius 3 is 2.71 bits per heavy atom. The molecule has 1 unspecified atom stereocenters. The summed E-state index contributed by atoms with van der Waals surface area (Å²) in [5.74, 6) is 0. The first-order valence-electron chi connectivity index (χ1n) is 7.83. The van der Waals surface area contributed by atoms with Gasteiger partial charge in [0, 0.05) is 36.6 Å². The van der Waals surface area contributed by atoms with Crippen LogP contribution in [0.15, 0.2) is 31.0 Å². The largest absolute Gasteiger partial charge is 0.313 e. The highest BCUT2D eigenvalue weighted by Gasteiger charge is 2.17. The van der Waals surface area contributed by atoms with E-state index in [1.807, 2.05) is 19.4 Å². The molecule has 1 fully saturated rings. The average Bonchev–Trinajstić information content (AvgIpc) is 3.03. The van der Waals surface area contributed by atoms with Crippen LogP contribution in [0.3, 0.4) is 0 Å². The van der Waals surface area contributed by atoms with Crippen LogP contribution in [-0.4, -0.2) is 26.8 Å². The molecule has 0 amide bonds. The number of aromatic nitrogens is 4. The van der Waals surface area contributed by atoms with Gasteiger partial charge < -0.3 is 5.32 Å². The Bertz CT molecular complexity index is 545. The molecule has 2 heterocycles. The molecule has 2 aromatic rings. The molecule has 2 aromatic heterocycles. The number of hydrogen-bond donors (Lipinski definition) is 1. The van der Waals surface area contributed by atoms with E-state index in [0.29, 0.717) is 6.04 Å². The van der Waals surface area contributed by atoms with Crippen molar-refractivity contribution >= 4 is 0 Å². The van der Waals surface area contributed by atoms with Crippen LogP contribution in [0.1, 0.15) is 55.4 Å². The van der Waals surface area contributed by atoms with Crippen LogP contribution in [0, 0.1) is 0 Å². The summed E-state index contributed by atoms with van der Waals surface area (Å²) in [6.07, 6.45) is 14.9. The van der Waals surface area contributed by atoms with Gasteiger partial charge in [0.2, 0.25) is 0 Å². The van der Waals surface area contributed by atoms with Crippen molar-refractivity contribution in [1.29, 1.82) is 0 Å². The zero-order chi connectivity index (χ0) is 14.5. The van der Waals surface area contributed by atoms with E-state index in [9.17, 15) is 0 Å². The molecule has 21 heavy (non-hydrogen) atoms. The monoisotopic (exact) mass is 285 g/mol. The average molecular weight is 285 g/mol. The van der Waals surface area contributed by atoms with Crippen LogP contribution < -0.4 is 5.32 Å². The molecule has 5 heteroatoms. The van der Waals surface area contributed by atoms with E-state index in [0.717, 1.165) is 17.7 Å². The van der Waals surface area contributed by atoms with E-state index >= 15 is 0 Å². The van der Waals surface area contributed by atoms with Gasteiger partial charge >= 0.3 is 0 Å². The van der Waals surface area contributed by atoms with E-state index in [-0.39, 0.29) is 6.04 Å². The van der Waals surface area contributed by atoms with Crippen molar-refractivity contribution in [3.8, 4) is 0 Å². The molecule has 0 bridgehead atoms. The van der Waals surface area contributed by atoms with Crippen LogP contribution in [-0.2, 0) is 6.42 Å². The predicted octanol–water partition coefficient (Wildman–Crippen LogP) is 2.68. The highest BCUT2D eigenvalue weighted by atomic mass is 15.3. The smallest absolute Gasteiger partial charge is 0.115 e. The lowest BCUT2D eigenvalue weighted by Crippen LogP contribution is -2.20. The predicted molar refractivity (Wildman–Crippen MR) is 81.9 cm³/mol. The highest BCUT2D eigenvalue weighted by molar-refractivity contribution is 5.13. The second-order valence-corrected chi connectivity index (χ2v) is 5.80. The molecule has 3 rings (SSSR count). The van der Waals surface area contributed by atoms with Gasteiger partial charge in [0.1, 0.15) is 6.33 Å². The molecule has 112 valence electrons. The van der Waals surface area contributed by atoms with Gasteiger partial charge in [-0.25, -0.2) is 9.97 Å². The van der Waals surface area contributed by atoms with Gasteiger partial charge in [0.05, 0.1) is 11.7 Å². The van der Waals surface area contributed by atoms with Crippen LogP contribution in [0.2, 0.25) is 0 Å². The van der Waals surface area contributed by atoms with Crippen molar-refractivity contribution in [3.63, 3.8) is 0 Å². The lowest BCUT2D eigenvalue weighted by atomic mass is 9.96. The first kappa shape index (κ1) is 14.2. The zero-order valence-electron chi connectivity index (χ0n) is 12.6. The molecule has 5 nitrogen and oxygen atoms in total. The summed E-state index contributed by atoms with van der Waals surface area (Å²) in [5.41, 5.74) is 2.23. The summed E-state index contributed by atoms with van der Waals surface area (Å²) in [7, 11) is 1.97. The third-order valence-electron chi connectivity index (χ3n) is 4.36. The van der Waals surface area contributed by atoms with Crippen molar-refractivity contribution in [1.82, 2.24) is 25.1 Å². The minimum absolute atomic E-state index is 0.209. The van der Waals surface area contributed by atoms with E-state index in [1.165, 1.54) is 32.1 Å². The molecule has 0 aromatic carbocycles. The lowest BCUT2D eigenvalue weighted by molar-refractivity contribution is 0.327. The second kappa shape index (κ2) is 6.80. The molecular weight excluding hydrogens is 262 g/mol. The fourth-order valence-electron chi connectivity index (χ4n) is 3.12. The molecular formula is C16H23N5. The summed E-state index contributed by atoms with van der Waals surface area (Å²) < 4.78 is 2.17. The number of nitrogens with one attached hydrogen (secondary N) is 1. The van der Waals surface area contributed by atoms with Crippen LogP contribution >= 0.6 is 0 Å². The molecule has 0 saturated heterocycles. The first-order chi connectivity index (χ1) is 10.4. The molecule has 0 spiro atoms. The Balaban J connectivity index is 1.68. The van der Waals surface area contributed by atoms with Crippen LogP contribution in [0.4, 0.5) is 0 Å². The number of hydrogen-bond acceptors (Lipinski definition) is 4. The summed E-state index contributed by atoms with van der Waals surface area (Å²) in [6, 6.07) is 2.95. The molecule has 0 aliphatic heterocycles. The Morgan fingerprint density at radius 1 is 1.24 bits per heavy atom. The maximum absolute atomic E-state index is 4.78. The maximum atomic E-state index is 4.78. The second-order valence-electron chi connectivity index (χ2n) is 5.80. The topological polar surface area (TPSA) is 55.6 Å². The van der Waals surface area contributed by atoms with Crippen LogP contribution in [0.5, 0.6) is 0 Å². The van der Waals surface area contributed by atoms with Gasteiger partial charge in [0.25, 0.3) is 0 Å². The van der Waals surface area contributed by atoms with Crippen molar-refractivity contribution < 1.29 is 0 Å². The van der Waals surface area contributed by atoms with E-state index in [2.05, 4.69) is 32.2 Å². The van der Waals surface area contributed by atoms with Crippen LogP contribution in [0.25, 0.3) is 0 Å². The number of rotatable bonds is 5. The van der Waals surface area contributed by atoms with Gasteiger partial charge in [-0.3, -0.25) is 4.68 Å². The van der Waals surface area contributed by atoms with Gasteiger partial charge in [0.15, 0.2) is 0 Å². The third-order valence-corrected chi connectivity index (χ3v) is 4.36. The van der Waals surface area contributed by atoms with Crippen molar-refractivity contribution in [2.75, 3.05) is 7.05 Å². The third kappa shape index (κ3) is 3.47. The minimum atomic E-state index is 0.209. The Hall–Kier alpha value is -1.75. The van der Waals surface area contributed by atoms with Crippen molar-refractivity contribution in [3.05, 3.63) is 42.2 Å². The van der Waals surface area contributed by atoms with E-state index < -0.39 is 0 Å². The zero-order valence-corrected chi connectivity index (χ0v) is 12.6. The van der Waals surface area contributed by atoms with Gasteiger partial charge in [-0.2, -0.15) is 5.10 Å². The maximum Gasteiger partial charge on any atom is 0.115 e. The van der Waals surface area contributed by atoms with Gasteiger partial charge in [-0.1, -0.05) is 19.3 Å². The summed E-state index contributed by atoms with van der Waals surface area (Å²) in [4.78, 5) is 8.19. The summed E-state index contributed by atoms with van der Waals surface area (Å²) in [6.45, 7) is 0. The summed E-state index contributed by atoms with van der Waals surface area (Å²) >= 11 is 0. The van der Waals surface area contributed by atoms with Gasteiger partial charge in [-0.15, -0.1) is 0 Å². The molecule has 1 aliphatic carbocycles. The molecule has 0 radical (unpaired) electrons.